The van der Waals surface area contributed by atoms with Crippen molar-refractivity contribution >= 4 is 0 Å². The van der Waals surface area contributed by atoms with E-state index in [9.17, 15) is 0 Å². The fourth-order valence-electron chi connectivity index (χ4n) is 1.52. The van der Waals surface area contributed by atoms with E-state index in [4.69, 9.17) is 0 Å². The molecule has 0 bridgehead atoms. The molecular weight excluding hydrogens is 2510 g/mol. The molecule has 0 spiro atoms. The van der Waals surface area contributed by atoms with Gasteiger partial charge in [0.2, 0.25) is 0 Å². The van der Waals surface area contributed by atoms with E-state index in [2.05, 4.69) is 64.1 Å². The van der Waals surface area contributed by atoms with Gasteiger partial charge in [-0.05, 0) is 6.92 Å². The molecular formula is C25H40W12-2. The minimum absolute atomic E-state index is 0. The molecule has 0 radical (unpaired) electrons. The molecule has 0 N–H and O–H groups in total. The molecule has 0 aromatic heterocycles. The average Bonchev–Trinajstić information content (AvgIpc) is 2.60. The van der Waals surface area contributed by atoms with Crippen LogP contribution >= 0.6 is 0 Å². The summed E-state index contributed by atoms with van der Waals surface area (Å²) in [7, 11) is 0. The molecule has 1 atom stereocenters. The molecule has 2 aromatic rings. The van der Waals surface area contributed by atoms with E-state index in [-0.39, 0.29) is 268 Å². The standard InChI is InChI=1S/C10H12.C9H10.2C2H6.2CH3.12W/c1-8(2)10-6-4-9(3)5-7-10;1-3-9-6-4-8(2)5-7-9;2*1-2;;;;;;;;;;;;;;/h4-6,8H,1H2,2-3H3;3-6H,1-2H3;2*1-2H3;2*1H3;;;;;;;;;;;;/q2*-2;;;2*-1;;;;;;;;;;;2*+2. The Balaban J connectivity index is -0.0000000112. The van der Waals surface area contributed by atoms with Gasteiger partial charge in [0.25, 0.3) is 0 Å². The van der Waals surface area contributed by atoms with E-state index in [0.29, 0.717) is 5.92 Å². The van der Waals surface area contributed by atoms with Gasteiger partial charge in [0.1, 0.15) is 0 Å². The zero-order valence-corrected chi connectivity index (χ0v) is 58.4. The summed E-state index contributed by atoms with van der Waals surface area (Å²) in [6.45, 7) is 20.1. The van der Waals surface area contributed by atoms with Crippen molar-refractivity contribution in [3.8, 4) is 0 Å². The van der Waals surface area contributed by atoms with Crippen LogP contribution in [0.1, 0.15) is 69.7 Å². The van der Waals surface area contributed by atoms with Gasteiger partial charge in [-0.3, -0.25) is 6.07 Å². The molecule has 0 saturated carbocycles. The van der Waals surface area contributed by atoms with Crippen LogP contribution in [0, 0.1) is 54.2 Å². The summed E-state index contributed by atoms with van der Waals surface area (Å²) in [6, 6.07) is 18.6. The topological polar surface area (TPSA) is 0 Å². The molecule has 0 aliphatic rings. The predicted molar refractivity (Wildman–Crippen MR) is 118 cm³/mol. The van der Waals surface area contributed by atoms with Gasteiger partial charge < -0.3 is 39.8 Å². The maximum absolute atomic E-state index is 3.91. The Morgan fingerprint density at radius 1 is 0.622 bits per heavy atom. The van der Waals surface area contributed by atoms with E-state index in [1.165, 1.54) is 22.3 Å². The second-order valence-corrected chi connectivity index (χ2v) is 4.83. The summed E-state index contributed by atoms with van der Waals surface area (Å²) in [6.07, 6.45) is 2.04. The molecule has 12 heteroatoms. The van der Waals surface area contributed by atoms with E-state index in [0.717, 1.165) is 0 Å². The van der Waals surface area contributed by atoms with Crippen LogP contribution in [0.25, 0.3) is 0 Å². The van der Waals surface area contributed by atoms with Crippen LogP contribution in [-0.4, -0.2) is 0 Å². The number of benzene rings is 2. The van der Waals surface area contributed by atoms with Gasteiger partial charge in [-0.15, -0.1) is 6.92 Å². The van der Waals surface area contributed by atoms with Crippen LogP contribution in [0.2, 0.25) is 0 Å². The van der Waals surface area contributed by atoms with Crippen molar-refractivity contribution in [1.82, 2.24) is 0 Å². The molecule has 0 aliphatic carbocycles. The quantitative estimate of drug-likeness (QED) is 0.268. The van der Waals surface area contributed by atoms with Crippen LogP contribution in [0.5, 0.6) is 0 Å². The third-order valence-corrected chi connectivity index (χ3v) is 2.83. The minimum atomic E-state index is 0. The van der Waals surface area contributed by atoms with Crippen molar-refractivity contribution in [2.24, 2.45) is 0 Å². The van der Waals surface area contributed by atoms with Gasteiger partial charge in [0.15, 0.2) is 0 Å². The van der Waals surface area contributed by atoms with Gasteiger partial charge in [-0.25, -0.2) is 0 Å². The van der Waals surface area contributed by atoms with Gasteiger partial charge in [-0.2, -0.15) is 53.4 Å². The molecule has 0 fully saturated rings. The molecule has 0 saturated heterocycles. The zero-order chi connectivity index (χ0) is 18.3. The van der Waals surface area contributed by atoms with Crippen molar-refractivity contribution in [2.45, 2.75) is 61.3 Å². The maximum atomic E-state index is 3.91. The number of aryl methyl sites for hydroxylation is 2. The van der Waals surface area contributed by atoms with E-state index in [1.807, 2.05) is 53.2 Å². The Morgan fingerprint density at radius 2 is 0.919 bits per heavy atom. The molecule has 0 heterocycles. The van der Waals surface area contributed by atoms with Gasteiger partial charge in [0.05, 0.1) is 0 Å². The Morgan fingerprint density at radius 3 is 1.11 bits per heavy atom. The minimum Gasteiger partial charge on any atom is -0.371 e. The number of hydrogen-bond acceptors (Lipinski definition) is 0. The fraction of sp³-hybridized carbons (Fsp3) is 0.360. The van der Waals surface area contributed by atoms with E-state index >= 15 is 0 Å². The molecule has 214 valence electrons. The summed E-state index contributed by atoms with van der Waals surface area (Å²) in [4.78, 5) is 0. The largest absolute Gasteiger partial charge is 2.00 e. The van der Waals surface area contributed by atoms with Crippen molar-refractivity contribution in [3.63, 3.8) is 0 Å². The van der Waals surface area contributed by atoms with E-state index in [1.54, 1.807) is 0 Å². The first-order chi connectivity index (χ1) is 11.0. The summed E-state index contributed by atoms with van der Waals surface area (Å²) in [5.41, 5.74) is 4.87. The number of rotatable bonds is 2. The van der Waals surface area contributed by atoms with Crippen LogP contribution in [-0.2, 0) is 253 Å². The normalized spacial score (nSPS) is 6.08. The molecule has 2 aromatic carbocycles. The smallest absolute Gasteiger partial charge is 0.371 e. The van der Waals surface area contributed by atoms with Gasteiger partial charge in [0, 0.05) is 211 Å². The van der Waals surface area contributed by atoms with Crippen molar-refractivity contribution in [1.29, 1.82) is 0 Å². The van der Waals surface area contributed by atoms with Crippen molar-refractivity contribution in [3.05, 3.63) is 99.0 Å². The summed E-state index contributed by atoms with van der Waals surface area (Å²) < 4.78 is 0. The van der Waals surface area contributed by atoms with Crippen LogP contribution in [0.4, 0.5) is 0 Å². The average molecular weight is 2550 g/mol. The van der Waals surface area contributed by atoms with Crippen molar-refractivity contribution in [2.75, 3.05) is 0 Å². The molecule has 0 nitrogen and oxygen atoms in total. The summed E-state index contributed by atoms with van der Waals surface area (Å²) in [5, 5.41) is 0. The predicted octanol–water partition coefficient (Wildman–Crippen LogP) is 8.02. The second-order valence-electron chi connectivity index (χ2n) is 4.83. The van der Waals surface area contributed by atoms with Crippen LogP contribution < -0.4 is 0 Å². The molecule has 37 heavy (non-hydrogen) atoms. The SMILES string of the molecule is CC.CC.C[CH-]c1[c-]cc(C)cc1.[CH2-]C(C)c1[c-]cc(C)cc1.[CH3-].[CH3-].[W+2].[W+2].[W].[W].[W].[W].[W].[W].[W].[W].[W].[W]. The first-order valence-electron chi connectivity index (χ1n) is 8.62. The Kier molecular flexibility index (Phi) is 221. The van der Waals surface area contributed by atoms with Crippen molar-refractivity contribution < 1.29 is 253 Å². The summed E-state index contributed by atoms with van der Waals surface area (Å²) in [5.74, 6) is 0.348. The Bertz CT molecular complexity index is 494. The summed E-state index contributed by atoms with van der Waals surface area (Å²) >= 11 is 0. The zero-order valence-electron chi connectivity index (χ0n) is 23.2. The van der Waals surface area contributed by atoms with Gasteiger partial charge in [-0.1, -0.05) is 47.1 Å². The molecule has 0 amide bonds. The monoisotopic (exact) mass is 2550 g/mol. The van der Waals surface area contributed by atoms with Gasteiger partial charge >= 0.3 is 42.1 Å². The fourth-order valence-corrected chi connectivity index (χ4v) is 1.52. The first kappa shape index (κ1) is 104. The van der Waals surface area contributed by atoms with Crippen LogP contribution in [0.3, 0.4) is 0 Å². The van der Waals surface area contributed by atoms with Crippen LogP contribution in [0.15, 0.2) is 36.4 Å². The first-order valence-corrected chi connectivity index (χ1v) is 8.62. The molecule has 2 rings (SSSR count). The third-order valence-electron chi connectivity index (χ3n) is 2.83. The Labute approximate surface area is 405 Å². The number of hydrogen-bond donors (Lipinski definition) is 0. The Hall–Kier alpha value is 6.57. The third kappa shape index (κ3) is 66.1. The molecule has 1 unspecified atom stereocenters. The van der Waals surface area contributed by atoms with E-state index < -0.39 is 0 Å². The maximum Gasteiger partial charge on any atom is 2.00 e. The molecule has 0 aliphatic heterocycles. The second kappa shape index (κ2) is 78.7.